The molecule has 0 unspecified atom stereocenters. The molecule has 2 aromatic rings. The van der Waals surface area contributed by atoms with E-state index in [-0.39, 0.29) is 48.3 Å². The molecule has 3 amide bonds. The summed E-state index contributed by atoms with van der Waals surface area (Å²) in [6.45, 7) is 6.41. The predicted octanol–water partition coefficient (Wildman–Crippen LogP) is 4.52. The van der Waals surface area contributed by atoms with E-state index in [4.69, 9.17) is 0 Å². The standard InChI is InChI=1S/C27H32F3N3O3/c1-17(2)18(3)31-25(35)23(32-24(34)20-8-5-4-6-9-20)19-12-14-33(15-13-19)26(36)21-10-7-11-22(16-21)27(28,29)30/h4-11,16-19,23H,12-15H2,1-3H3,(H,31,35)(H,32,34)/t18-,23+/m0/s1. The van der Waals surface area contributed by atoms with Gasteiger partial charge in [-0.05, 0) is 61.9 Å². The molecule has 2 aromatic carbocycles. The van der Waals surface area contributed by atoms with E-state index in [1.165, 1.54) is 17.0 Å². The Kier molecular flexibility index (Phi) is 8.76. The third-order valence-corrected chi connectivity index (χ3v) is 6.71. The summed E-state index contributed by atoms with van der Waals surface area (Å²) < 4.78 is 39.2. The van der Waals surface area contributed by atoms with Crippen molar-refractivity contribution in [1.29, 1.82) is 0 Å². The third-order valence-electron chi connectivity index (χ3n) is 6.71. The number of carbonyl (C=O) groups excluding carboxylic acids is 3. The van der Waals surface area contributed by atoms with Gasteiger partial charge in [0.05, 0.1) is 5.56 Å². The van der Waals surface area contributed by atoms with Crippen molar-refractivity contribution in [2.75, 3.05) is 13.1 Å². The highest BCUT2D eigenvalue weighted by Crippen LogP contribution is 2.30. The second-order valence-electron chi connectivity index (χ2n) is 9.57. The van der Waals surface area contributed by atoms with Gasteiger partial charge in [0.15, 0.2) is 0 Å². The van der Waals surface area contributed by atoms with Crippen LogP contribution in [0.4, 0.5) is 13.2 Å². The molecule has 0 aliphatic carbocycles. The molecule has 0 spiro atoms. The van der Waals surface area contributed by atoms with Crippen molar-refractivity contribution in [2.24, 2.45) is 11.8 Å². The molecule has 0 bridgehead atoms. The van der Waals surface area contributed by atoms with E-state index >= 15 is 0 Å². The van der Waals surface area contributed by atoms with Crippen LogP contribution in [-0.2, 0) is 11.0 Å². The van der Waals surface area contributed by atoms with Crippen LogP contribution in [0.25, 0.3) is 0 Å². The fourth-order valence-electron chi connectivity index (χ4n) is 4.14. The van der Waals surface area contributed by atoms with Gasteiger partial charge in [0.2, 0.25) is 5.91 Å². The number of carbonyl (C=O) groups is 3. The minimum absolute atomic E-state index is 0.0271. The highest BCUT2D eigenvalue weighted by molar-refractivity contribution is 5.97. The zero-order valence-corrected chi connectivity index (χ0v) is 20.6. The van der Waals surface area contributed by atoms with Crippen LogP contribution < -0.4 is 10.6 Å². The second-order valence-corrected chi connectivity index (χ2v) is 9.57. The summed E-state index contributed by atoms with van der Waals surface area (Å²) in [6.07, 6.45) is -3.68. The van der Waals surface area contributed by atoms with E-state index in [0.29, 0.717) is 18.4 Å². The molecule has 3 rings (SSSR count). The molecule has 2 N–H and O–H groups in total. The average molecular weight is 504 g/mol. The van der Waals surface area contributed by atoms with Crippen molar-refractivity contribution in [2.45, 2.75) is 51.9 Å². The highest BCUT2D eigenvalue weighted by atomic mass is 19.4. The van der Waals surface area contributed by atoms with Crippen LogP contribution in [0.1, 0.15) is 59.9 Å². The van der Waals surface area contributed by atoms with Gasteiger partial charge in [-0.1, -0.05) is 38.1 Å². The lowest BCUT2D eigenvalue weighted by molar-refractivity contribution is -0.137. The van der Waals surface area contributed by atoms with Crippen molar-refractivity contribution in [3.05, 3.63) is 71.3 Å². The number of piperidine rings is 1. The van der Waals surface area contributed by atoms with E-state index in [2.05, 4.69) is 10.6 Å². The Morgan fingerprint density at radius 3 is 2.08 bits per heavy atom. The number of hydrogen-bond acceptors (Lipinski definition) is 3. The molecular formula is C27H32F3N3O3. The number of alkyl halides is 3. The van der Waals surface area contributed by atoms with Gasteiger partial charge in [-0.25, -0.2) is 0 Å². The molecule has 6 nitrogen and oxygen atoms in total. The Hall–Kier alpha value is -3.36. The van der Waals surface area contributed by atoms with Crippen molar-refractivity contribution in [3.63, 3.8) is 0 Å². The lowest BCUT2D eigenvalue weighted by atomic mass is 9.87. The Morgan fingerprint density at radius 1 is 0.889 bits per heavy atom. The van der Waals surface area contributed by atoms with Crippen LogP contribution in [0.15, 0.2) is 54.6 Å². The van der Waals surface area contributed by atoms with Crippen LogP contribution >= 0.6 is 0 Å². The van der Waals surface area contributed by atoms with E-state index in [9.17, 15) is 27.6 Å². The zero-order chi connectivity index (χ0) is 26.5. The molecule has 9 heteroatoms. The summed E-state index contributed by atoms with van der Waals surface area (Å²) in [5.41, 5.74) is -0.465. The normalized spacial score (nSPS) is 16.4. The third kappa shape index (κ3) is 6.86. The van der Waals surface area contributed by atoms with E-state index in [1.807, 2.05) is 20.8 Å². The van der Waals surface area contributed by atoms with Crippen LogP contribution in [-0.4, -0.2) is 47.8 Å². The molecule has 0 saturated carbocycles. The average Bonchev–Trinajstić information content (AvgIpc) is 2.86. The fourth-order valence-corrected chi connectivity index (χ4v) is 4.14. The van der Waals surface area contributed by atoms with Gasteiger partial charge in [-0.2, -0.15) is 13.2 Å². The first kappa shape index (κ1) is 27.2. The van der Waals surface area contributed by atoms with Crippen molar-refractivity contribution >= 4 is 17.7 Å². The molecule has 1 fully saturated rings. The molecule has 1 heterocycles. The Bertz CT molecular complexity index is 1060. The molecule has 194 valence electrons. The summed E-state index contributed by atoms with van der Waals surface area (Å²) in [7, 11) is 0. The first-order valence-electron chi connectivity index (χ1n) is 12.1. The summed E-state index contributed by atoms with van der Waals surface area (Å²) in [5.74, 6) is -1.17. The van der Waals surface area contributed by atoms with Gasteiger partial charge in [-0.15, -0.1) is 0 Å². The minimum atomic E-state index is -4.53. The SMILES string of the molecule is CC(C)[C@H](C)NC(=O)[C@H](NC(=O)c1ccccc1)C1CCN(C(=O)c2cccc(C(F)(F)F)c2)CC1. The number of nitrogens with zero attached hydrogens (tertiary/aromatic N) is 1. The summed E-state index contributed by atoms with van der Waals surface area (Å²) >= 11 is 0. The number of benzene rings is 2. The van der Waals surface area contributed by atoms with Gasteiger partial charge < -0.3 is 15.5 Å². The van der Waals surface area contributed by atoms with Crippen molar-refractivity contribution in [3.8, 4) is 0 Å². The van der Waals surface area contributed by atoms with Crippen molar-refractivity contribution in [1.82, 2.24) is 15.5 Å². The Labute approximate surface area is 209 Å². The maximum atomic E-state index is 13.2. The monoisotopic (exact) mass is 503 g/mol. The topological polar surface area (TPSA) is 78.5 Å². The van der Waals surface area contributed by atoms with Gasteiger partial charge in [0, 0.05) is 30.3 Å². The Morgan fingerprint density at radius 2 is 1.50 bits per heavy atom. The van der Waals surface area contributed by atoms with Crippen molar-refractivity contribution < 1.29 is 27.6 Å². The quantitative estimate of drug-likeness (QED) is 0.583. The zero-order valence-electron chi connectivity index (χ0n) is 20.6. The molecule has 36 heavy (non-hydrogen) atoms. The summed E-state index contributed by atoms with van der Waals surface area (Å²) in [4.78, 5) is 40.4. The smallest absolute Gasteiger partial charge is 0.352 e. The highest BCUT2D eigenvalue weighted by Gasteiger charge is 2.36. The largest absolute Gasteiger partial charge is 0.416 e. The van der Waals surface area contributed by atoms with E-state index < -0.39 is 23.7 Å². The second kappa shape index (κ2) is 11.6. The lowest BCUT2D eigenvalue weighted by Crippen LogP contribution is -2.55. The molecule has 1 aliphatic rings. The summed E-state index contributed by atoms with van der Waals surface area (Å²) in [6, 6.07) is 12.1. The Balaban J connectivity index is 1.71. The predicted molar refractivity (Wildman–Crippen MR) is 130 cm³/mol. The molecular weight excluding hydrogens is 471 g/mol. The van der Waals surface area contributed by atoms with Crippen LogP contribution in [0.5, 0.6) is 0 Å². The van der Waals surface area contributed by atoms with Gasteiger partial charge in [0.25, 0.3) is 11.8 Å². The first-order chi connectivity index (χ1) is 17.0. The van der Waals surface area contributed by atoms with Crippen LogP contribution in [0, 0.1) is 11.8 Å². The summed E-state index contributed by atoms with van der Waals surface area (Å²) in [5, 5.41) is 5.84. The molecule has 2 atom stereocenters. The van der Waals surface area contributed by atoms with Gasteiger partial charge in [-0.3, -0.25) is 14.4 Å². The molecule has 0 aromatic heterocycles. The number of likely N-dealkylation sites (tertiary alicyclic amines) is 1. The van der Waals surface area contributed by atoms with Crippen LogP contribution in [0.2, 0.25) is 0 Å². The number of rotatable bonds is 7. The molecule has 1 saturated heterocycles. The number of hydrogen-bond donors (Lipinski definition) is 2. The number of amides is 3. The van der Waals surface area contributed by atoms with E-state index in [0.717, 1.165) is 12.1 Å². The van der Waals surface area contributed by atoms with Gasteiger partial charge in [0.1, 0.15) is 6.04 Å². The number of halogens is 3. The first-order valence-corrected chi connectivity index (χ1v) is 12.1. The maximum Gasteiger partial charge on any atom is 0.416 e. The van der Waals surface area contributed by atoms with Gasteiger partial charge >= 0.3 is 6.18 Å². The molecule has 1 aliphatic heterocycles. The maximum absolute atomic E-state index is 13.2. The minimum Gasteiger partial charge on any atom is -0.352 e. The fraction of sp³-hybridized carbons (Fsp3) is 0.444. The molecule has 0 radical (unpaired) electrons. The number of nitrogens with one attached hydrogen (secondary N) is 2. The van der Waals surface area contributed by atoms with E-state index in [1.54, 1.807) is 30.3 Å². The lowest BCUT2D eigenvalue weighted by Gasteiger charge is -2.36. The van der Waals surface area contributed by atoms with Crippen LogP contribution in [0.3, 0.4) is 0 Å².